The molecule has 0 aromatic heterocycles. The second-order valence-corrected chi connectivity index (χ2v) is 8.24. The highest BCUT2D eigenvalue weighted by molar-refractivity contribution is 5.86. The van der Waals surface area contributed by atoms with Crippen LogP contribution in [0.5, 0.6) is 0 Å². The Hall–Kier alpha value is -2.93. The number of rotatable bonds is 5. The molecule has 154 valence electrons. The van der Waals surface area contributed by atoms with Crippen LogP contribution in [0, 0.1) is 13.8 Å². The number of aryl methyl sites for hydroxylation is 2. The lowest BCUT2D eigenvalue weighted by atomic mass is 9.86. The molecule has 0 unspecified atom stereocenters. The Morgan fingerprint density at radius 3 is 2.37 bits per heavy atom. The molecule has 0 saturated carbocycles. The van der Waals surface area contributed by atoms with Crippen LogP contribution in [0.3, 0.4) is 0 Å². The third-order valence-electron chi connectivity index (χ3n) is 5.85. The highest BCUT2D eigenvalue weighted by atomic mass is 19.1. The van der Waals surface area contributed by atoms with Crippen molar-refractivity contribution in [1.82, 2.24) is 0 Å². The van der Waals surface area contributed by atoms with Crippen molar-refractivity contribution in [1.29, 1.82) is 0 Å². The highest BCUT2D eigenvalue weighted by Gasteiger charge is 2.17. The van der Waals surface area contributed by atoms with Crippen molar-refractivity contribution in [2.45, 2.75) is 47.5 Å². The molecular weight excluding hydrogens is 367 g/mol. The Morgan fingerprint density at radius 2 is 1.70 bits per heavy atom. The van der Waals surface area contributed by atoms with Crippen molar-refractivity contribution >= 4 is 5.57 Å². The fourth-order valence-electron chi connectivity index (χ4n) is 4.17. The normalized spacial score (nSPS) is 15.7. The topological polar surface area (TPSA) is 0 Å². The van der Waals surface area contributed by atoms with Crippen molar-refractivity contribution in [3.63, 3.8) is 0 Å². The molecule has 0 spiro atoms. The average Bonchev–Trinajstić information content (AvgIpc) is 2.71. The maximum atomic E-state index is 14.5. The number of benzene rings is 2. The molecule has 0 aliphatic heterocycles. The van der Waals surface area contributed by atoms with Crippen LogP contribution in [0.4, 0.5) is 4.39 Å². The van der Waals surface area contributed by atoms with Gasteiger partial charge in [0.25, 0.3) is 0 Å². The molecule has 0 radical (unpaired) electrons. The van der Waals surface area contributed by atoms with E-state index < -0.39 is 0 Å². The standard InChI is InChI=1S/C29H31F/c1-19-15-16-20(2)26(17-19)29(25-12-8-7-9-13-25)24(6)22(4)18-23(5)28-21(3)11-10-14-27(28)30/h7-9,11-13,15-18H,4,10,14H2,1-3,5-6H3/b23-18+,29-24+. The van der Waals surface area contributed by atoms with Crippen LogP contribution in [0.1, 0.15) is 55.9 Å². The molecule has 2 aromatic rings. The number of hydrogen-bond donors (Lipinski definition) is 0. The van der Waals surface area contributed by atoms with Gasteiger partial charge in [0.2, 0.25) is 0 Å². The number of halogens is 1. The molecule has 0 bridgehead atoms. The van der Waals surface area contributed by atoms with E-state index in [0.29, 0.717) is 6.42 Å². The van der Waals surface area contributed by atoms with Crippen LogP contribution in [-0.4, -0.2) is 0 Å². The van der Waals surface area contributed by atoms with Gasteiger partial charge in [-0.05, 0) is 85.6 Å². The summed E-state index contributed by atoms with van der Waals surface area (Å²) in [4.78, 5) is 0. The first-order valence-electron chi connectivity index (χ1n) is 10.6. The van der Waals surface area contributed by atoms with E-state index in [2.05, 4.69) is 75.9 Å². The zero-order valence-electron chi connectivity index (χ0n) is 18.8. The van der Waals surface area contributed by atoms with Gasteiger partial charge >= 0.3 is 0 Å². The maximum absolute atomic E-state index is 14.5. The van der Waals surface area contributed by atoms with E-state index in [1.165, 1.54) is 22.3 Å². The van der Waals surface area contributed by atoms with E-state index in [1.54, 1.807) is 0 Å². The van der Waals surface area contributed by atoms with Gasteiger partial charge in [0.15, 0.2) is 0 Å². The molecule has 1 aliphatic carbocycles. The van der Waals surface area contributed by atoms with E-state index in [0.717, 1.165) is 39.8 Å². The molecule has 2 aromatic carbocycles. The SMILES string of the molecule is C=C(/C=C(\C)C1=C(F)CCC=C1C)/C(C)=C(\c1ccccc1)c1cc(C)ccc1C. The summed E-state index contributed by atoms with van der Waals surface area (Å²) in [5.74, 6) is -0.0176. The number of allylic oxidation sites excluding steroid dienone is 8. The Labute approximate surface area is 180 Å². The molecule has 0 atom stereocenters. The minimum atomic E-state index is -0.0176. The second kappa shape index (κ2) is 9.26. The largest absolute Gasteiger partial charge is 0.211 e. The van der Waals surface area contributed by atoms with Crippen molar-refractivity contribution in [2.24, 2.45) is 0 Å². The van der Waals surface area contributed by atoms with Crippen LogP contribution >= 0.6 is 0 Å². The summed E-state index contributed by atoms with van der Waals surface area (Å²) >= 11 is 0. The van der Waals surface area contributed by atoms with Gasteiger partial charge in [-0.2, -0.15) is 0 Å². The van der Waals surface area contributed by atoms with E-state index in [-0.39, 0.29) is 5.83 Å². The summed E-state index contributed by atoms with van der Waals surface area (Å²) in [6, 6.07) is 17.0. The molecule has 1 heteroatoms. The second-order valence-electron chi connectivity index (χ2n) is 8.24. The first-order chi connectivity index (χ1) is 14.3. The molecule has 0 heterocycles. The Morgan fingerprint density at radius 1 is 1.00 bits per heavy atom. The van der Waals surface area contributed by atoms with Crippen LogP contribution in [0.2, 0.25) is 0 Å². The summed E-state index contributed by atoms with van der Waals surface area (Å²) in [6.07, 6.45) is 5.41. The molecule has 0 fully saturated rings. The minimum absolute atomic E-state index is 0.0176. The quantitative estimate of drug-likeness (QED) is 0.442. The lowest BCUT2D eigenvalue weighted by Crippen LogP contribution is -2.00. The van der Waals surface area contributed by atoms with E-state index in [1.807, 2.05) is 26.0 Å². The van der Waals surface area contributed by atoms with E-state index in [9.17, 15) is 4.39 Å². The van der Waals surface area contributed by atoms with Gasteiger partial charge in [0, 0.05) is 12.0 Å². The van der Waals surface area contributed by atoms with Crippen molar-refractivity contribution in [3.8, 4) is 0 Å². The third kappa shape index (κ3) is 4.62. The van der Waals surface area contributed by atoms with Gasteiger partial charge < -0.3 is 0 Å². The molecular formula is C29H31F. The van der Waals surface area contributed by atoms with Gasteiger partial charge in [0.05, 0.1) is 0 Å². The summed E-state index contributed by atoms with van der Waals surface area (Å²) in [5.41, 5.74) is 10.7. The van der Waals surface area contributed by atoms with Crippen LogP contribution in [-0.2, 0) is 0 Å². The number of hydrogen-bond acceptors (Lipinski definition) is 0. The maximum Gasteiger partial charge on any atom is 0.108 e. The smallest absolute Gasteiger partial charge is 0.108 e. The molecule has 0 amide bonds. The average molecular weight is 399 g/mol. The van der Waals surface area contributed by atoms with Gasteiger partial charge in [0.1, 0.15) is 5.83 Å². The molecule has 3 rings (SSSR count). The van der Waals surface area contributed by atoms with Crippen molar-refractivity contribution in [3.05, 3.63) is 123 Å². The predicted octanol–water partition coefficient (Wildman–Crippen LogP) is 8.59. The Bertz CT molecular complexity index is 1090. The Balaban J connectivity index is 2.14. The van der Waals surface area contributed by atoms with Crippen LogP contribution in [0.25, 0.3) is 5.57 Å². The van der Waals surface area contributed by atoms with Gasteiger partial charge in [-0.3, -0.25) is 0 Å². The lowest BCUT2D eigenvalue weighted by Gasteiger charge is -2.19. The molecule has 0 N–H and O–H groups in total. The van der Waals surface area contributed by atoms with E-state index >= 15 is 0 Å². The molecule has 0 saturated heterocycles. The summed E-state index contributed by atoms with van der Waals surface area (Å²) in [6.45, 7) is 14.7. The van der Waals surface area contributed by atoms with Gasteiger partial charge in [-0.25, -0.2) is 4.39 Å². The molecule has 30 heavy (non-hydrogen) atoms. The van der Waals surface area contributed by atoms with Crippen LogP contribution in [0.15, 0.2) is 101 Å². The molecule has 0 nitrogen and oxygen atoms in total. The minimum Gasteiger partial charge on any atom is -0.211 e. The van der Waals surface area contributed by atoms with Gasteiger partial charge in [-0.1, -0.05) is 72.8 Å². The monoisotopic (exact) mass is 398 g/mol. The van der Waals surface area contributed by atoms with Crippen molar-refractivity contribution in [2.75, 3.05) is 0 Å². The zero-order valence-corrected chi connectivity index (χ0v) is 18.8. The van der Waals surface area contributed by atoms with Crippen molar-refractivity contribution < 1.29 is 4.39 Å². The van der Waals surface area contributed by atoms with Gasteiger partial charge in [-0.15, -0.1) is 0 Å². The fourth-order valence-corrected chi connectivity index (χ4v) is 4.17. The first kappa shape index (κ1) is 21.8. The fraction of sp³-hybridized carbons (Fsp3) is 0.241. The molecule has 1 aliphatic rings. The first-order valence-corrected chi connectivity index (χ1v) is 10.6. The Kier molecular flexibility index (Phi) is 6.72. The summed E-state index contributed by atoms with van der Waals surface area (Å²) < 4.78 is 14.5. The lowest BCUT2D eigenvalue weighted by molar-refractivity contribution is 0.576. The van der Waals surface area contributed by atoms with E-state index in [4.69, 9.17) is 0 Å². The summed E-state index contributed by atoms with van der Waals surface area (Å²) in [7, 11) is 0. The summed E-state index contributed by atoms with van der Waals surface area (Å²) in [5, 5.41) is 0. The highest BCUT2D eigenvalue weighted by Crippen LogP contribution is 2.35. The predicted molar refractivity (Wildman–Crippen MR) is 128 cm³/mol. The third-order valence-corrected chi connectivity index (χ3v) is 5.85. The zero-order chi connectivity index (χ0) is 21.8. The van der Waals surface area contributed by atoms with Crippen LogP contribution < -0.4 is 0 Å².